The molecule has 1 fully saturated rings. The Labute approximate surface area is 108 Å². The predicted octanol–water partition coefficient (Wildman–Crippen LogP) is 3.56. The molecular formula is C14H20ClNO. The summed E-state index contributed by atoms with van der Waals surface area (Å²) in [6.45, 7) is 0.806. The van der Waals surface area contributed by atoms with Crippen molar-refractivity contribution in [1.29, 1.82) is 0 Å². The van der Waals surface area contributed by atoms with Gasteiger partial charge < -0.3 is 10.1 Å². The van der Waals surface area contributed by atoms with Crippen molar-refractivity contribution in [3.8, 4) is 0 Å². The summed E-state index contributed by atoms with van der Waals surface area (Å²) in [5.41, 5.74) is 1.09. The second-order valence-corrected chi connectivity index (χ2v) is 5.02. The van der Waals surface area contributed by atoms with Gasteiger partial charge in [0.1, 0.15) is 0 Å². The maximum Gasteiger partial charge on any atom is 0.0967 e. The standard InChI is InChI=1S/C14H20ClNO/c1-16-10-14(17-11-6-2-3-7-11)12-8-4-5-9-13(12)15/h4-5,8-9,11,14,16H,2-3,6-7,10H2,1H3. The number of halogens is 1. The average Bonchev–Trinajstić information content (AvgIpc) is 2.82. The van der Waals surface area contributed by atoms with Crippen LogP contribution in [0.1, 0.15) is 37.4 Å². The molecule has 0 aromatic heterocycles. The predicted molar refractivity (Wildman–Crippen MR) is 71.5 cm³/mol. The van der Waals surface area contributed by atoms with E-state index >= 15 is 0 Å². The summed E-state index contributed by atoms with van der Waals surface area (Å²) in [5.74, 6) is 0. The van der Waals surface area contributed by atoms with Gasteiger partial charge in [0.15, 0.2) is 0 Å². The Bertz CT molecular complexity index is 350. The lowest BCUT2D eigenvalue weighted by molar-refractivity contribution is -0.00778. The molecular weight excluding hydrogens is 234 g/mol. The van der Waals surface area contributed by atoms with E-state index in [4.69, 9.17) is 16.3 Å². The first-order valence-corrected chi connectivity index (χ1v) is 6.73. The van der Waals surface area contributed by atoms with Crippen LogP contribution in [0, 0.1) is 0 Å². The molecule has 2 rings (SSSR count). The maximum atomic E-state index is 6.23. The van der Waals surface area contributed by atoms with Gasteiger partial charge >= 0.3 is 0 Å². The van der Waals surface area contributed by atoms with Crippen LogP contribution in [0.25, 0.3) is 0 Å². The van der Waals surface area contributed by atoms with Crippen LogP contribution in [-0.2, 0) is 4.74 Å². The van der Waals surface area contributed by atoms with Crippen LogP contribution >= 0.6 is 11.6 Å². The zero-order chi connectivity index (χ0) is 12.1. The maximum absolute atomic E-state index is 6.23. The van der Waals surface area contributed by atoms with Gasteiger partial charge in [-0.25, -0.2) is 0 Å². The lowest BCUT2D eigenvalue weighted by Crippen LogP contribution is -2.23. The van der Waals surface area contributed by atoms with E-state index in [9.17, 15) is 0 Å². The number of nitrogens with one attached hydrogen (secondary N) is 1. The molecule has 1 unspecified atom stereocenters. The molecule has 0 spiro atoms. The smallest absolute Gasteiger partial charge is 0.0967 e. The topological polar surface area (TPSA) is 21.3 Å². The lowest BCUT2D eigenvalue weighted by Gasteiger charge is -2.23. The van der Waals surface area contributed by atoms with Gasteiger partial charge in [-0.1, -0.05) is 42.6 Å². The van der Waals surface area contributed by atoms with Gasteiger partial charge in [0.2, 0.25) is 0 Å². The van der Waals surface area contributed by atoms with E-state index in [1.807, 2.05) is 25.2 Å². The minimum Gasteiger partial charge on any atom is -0.369 e. The first kappa shape index (κ1) is 12.9. The van der Waals surface area contributed by atoms with E-state index in [0.717, 1.165) is 17.1 Å². The molecule has 17 heavy (non-hydrogen) atoms. The minimum atomic E-state index is 0.0665. The summed E-state index contributed by atoms with van der Waals surface area (Å²) in [4.78, 5) is 0. The Morgan fingerprint density at radius 1 is 1.35 bits per heavy atom. The average molecular weight is 254 g/mol. The number of likely N-dealkylation sites (N-methyl/N-ethyl adjacent to an activating group) is 1. The van der Waals surface area contributed by atoms with E-state index in [-0.39, 0.29) is 6.10 Å². The molecule has 1 atom stereocenters. The van der Waals surface area contributed by atoms with E-state index in [1.165, 1.54) is 25.7 Å². The van der Waals surface area contributed by atoms with Crippen molar-refractivity contribution in [3.63, 3.8) is 0 Å². The molecule has 1 N–H and O–H groups in total. The largest absolute Gasteiger partial charge is 0.369 e. The summed E-state index contributed by atoms with van der Waals surface area (Å²) in [7, 11) is 1.95. The van der Waals surface area contributed by atoms with Crippen molar-refractivity contribution in [2.45, 2.75) is 37.9 Å². The van der Waals surface area contributed by atoms with Crippen molar-refractivity contribution in [1.82, 2.24) is 5.32 Å². The highest BCUT2D eigenvalue weighted by Crippen LogP contribution is 2.30. The molecule has 0 radical (unpaired) electrons. The van der Waals surface area contributed by atoms with Gasteiger partial charge in [-0.3, -0.25) is 0 Å². The number of hydrogen-bond donors (Lipinski definition) is 1. The Hall–Kier alpha value is -0.570. The van der Waals surface area contributed by atoms with Gasteiger partial charge in [0.05, 0.1) is 12.2 Å². The fourth-order valence-corrected chi connectivity index (χ4v) is 2.67. The molecule has 1 saturated carbocycles. The molecule has 94 valence electrons. The zero-order valence-electron chi connectivity index (χ0n) is 10.3. The summed E-state index contributed by atoms with van der Waals surface area (Å²) in [6, 6.07) is 7.95. The molecule has 1 aliphatic carbocycles. The van der Waals surface area contributed by atoms with Crippen LogP contribution in [0.15, 0.2) is 24.3 Å². The van der Waals surface area contributed by atoms with Crippen molar-refractivity contribution in [2.75, 3.05) is 13.6 Å². The molecule has 0 amide bonds. The molecule has 2 nitrogen and oxygen atoms in total. The van der Waals surface area contributed by atoms with Crippen molar-refractivity contribution in [2.24, 2.45) is 0 Å². The Balaban J connectivity index is 2.08. The highest BCUT2D eigenvalue weighted by atomic mass is 35.5. The molecule has 3 heteroatoms. The first-order valence-electron chi connectivity index (χ1n) is 6.35. The fourth-order valence-electron chi connectivity index (χ4n) is 2.41. The van der Waals surface area contributed by atoms with E-state index in [1.54, 1.807) is 0 Å². The Kier molecular flexibility index (Phi) is 4.84. The summed E-state index contributed by atoms with van der Waals surface area (Å²) < 4.78 is 6.17. The number of ether oxygens (including phenoxy) is 1. The molecule has 0 bridgehead atoms. The number of hydrogen-bond acceptors (Lipinski definition) is 2. The quantitative estimate of drug-likeness (QED) is 0.866. The Morgan fingerprint density at radius 3 is 2.71 bits per heavy atom. The van der Waals surface area contributed by atoms with Crippen LogP contribution in [0.2, 0.25) is 5.02 Å². The normalized spacial score (nSPS) is 18.5. The summed E-state index contributed by atoms with van der Waals surface area (Å²) in [6.07, 6.45) is 5.43. The third-order valence-corrected chi connectivity index (χ3v) is 3.64. The van der Waals surface area contributed by atoms with Crippen LogP contribution < -0.4 is 5.32 Å². The molecule has 1 aliphatic rings. The highest BCUT2D eigenvalue weighted by molar-refractivity contribution is 6.31. The molecule has 0 heterocycles. The lowest BCUT2D eigenvalue weighted by atomic mass is 10.1. The second-order valence-electron chi connectivity index (χ2n) is 4.61. The van der Waals surface area contributed by atoms with Gasteiger partial charge in [-0.05, 0) is 26.0 Å². The highest BCUT2D eigenvalue weighted by Gasteiger charge is 2.22. The van der Waals surface area contributed by atoms with Crippen molar-refractivity contribution < 1.29 is 4.74 Å². The summed E-state index contributed by atoms with van der Waals surface area (Å²) >= 11 is 6.23. The van der Waals surface area contributed by atoms with E-state index in [2.05, 4.69) is 11.4 Å². The van der Waals surface area contributed by atoms with Crippen LogP contribution in [-0.4, -0.2) is 19.7 Å². The number of benzene rings is 1. The molecule has 0 aliphatic heterocycles. The van der Waals surface area contributed by atoms with Gasteiger partial charge in [-0.2, -0.15) is 0 Å². The van der Waals surface area contributed by atoms with Crippen molar-refractivity contribution in [3.05, 3.63) is 34.9 Å². The third-order valence-electron chi connectivity index (χ3n) is 3.30. The van der Waals surface area contributed by atoms with Gasteiger partial charge in [0, 0.05) is 17.1 Å². The third kappa shape index (κ3) is 3.44. The summed E-state index contributed by atoms with van der Waals surface area (Å²) in [5, 5.41) is 3.98. The van der Waals surface area contributed by atoms with Crippen LogP contribution in [0.5, 0.6) is 0 Å². The molecule has 0 saturated heterocycles. The zero-order valence-corrected chi connectivity index (χ0v) is 11.0. The van der Waals surface area contributed by atoms with Crippen LogP contribution in [0.3, 0.4) is 0 Å². The van der Waals surface area contributed by atoms with E-state index < -0.39 is 0 Å². The van der Waals surface area contributed by atoms with Crippen molar-refractivity contribution >= 4 is 11.6 Å². The van der Waals surface area contributed by atoms with E-state index in [0.29, 0.717) is 6.10 Å². The number of rotatable bonds is 5. The Morgan fingerprint density at radius 2 is 2.06 bits per heavy atom. The first-order chi connectivity index (χ1) is 8.31. The van der Waals surface area contributed by atoms with Gasteiger partial charge in [-0.15, -0.1) is 0 Å². The molecule has 1 aromatic rings. The van der Waals surface area contributed by atoms with Gasteiger partial charge in [0.25, 0.3) is 0 Å². The monoisotopic (exact) mass is 253 g/mol. The van der Waals surface area contributed by atoms with Crippen LogP contribution in [0.4, 0.5) is 0 Å². The second kappa shape index (κ2) is 6.39. The molecule has 1 aromatic carbocycles. The fraction of sp³-hybridized carbons (Fsp3) is 0.571. The minimum absolute atomic E-state index is 0.0665. The SMILES string of the molecule is CNCC(OC1CCCC1)c1ccccc1Cl.